The third-order valence-electron chi connectivity index (χ3n) is 5.10. The van der Waals surface area contributed by atoms with Gasteiger partial charge in [0.15, 0.2) is 5.13 Å². The van der Waals surface area contributed by atoms with Gasteiger partial charge in [0.25, 0.3) is 5.91 Å². The highest BCUT2D eigenvalue weighted by Crippen LogP contribution is 2.28. The summed E-state index contributed by atoms with van der Waals surface area (Å²) < 4.78 is 5.65. The van der Waals surface area contributed by atoms with Gasteiger partial charge in [-0.2, -0.15) is 0 Å². The van der Waals surface area contributed by atoms with Crippen molar-refractivity contribution in [1.82, 2.24) is 4.98 Å². The van der Waals surface area contributed by atoms with Crippen molar-refractivity contribution in [2.75, 3.05) is 17.2 Å². The zero-order chi connectivity index (χ0) is 23.0. The van der Waals surface area contributed by atoms with E-state index < -0.39 is 0 Å². The number of anilines is 3. The average Bonchev–Trinajstić information content (AvgIpc) is 3.28. The van der Waals surface area contributed by atoms with Crippen LogP contribution in [0.1, 0.15) is 35.7 Å². The molecule has 0 unspecified atom stereocenters. The van der Waals surface area contributed by atoms with Gasteiger partial charge in [-0.15, -0.1) is 11.3 Å². The maximum absolute atomic E-state index is 12.6. The van der Waals surface area contributed by atoms with E-state index in [-0.39, 0.29) is 5.91 Å². The Hall–Kier alpha value is -3.64. The molecule has 0 spiro atoms. The lowest BCUT2D eigenvalue weighted by molar-refractivity contribution is 0.102. The number of aromatic nitrogens is 1. The number of unbranched alkanes of at least 4 members (excludes halogenated alkanes) is 1. The zero-order valence-electron chi connectivity index (χ0n) is 18.8. The maximum atomic E-state index is 12.6. The highest BCUT2D eigenvalue weighted by atomic mass is 32.1. The van der Waals surface area contributed by atoms with Gasteiger partial charge in [0.2, 0.25) is 0 Å². The molecule has 0 atom stereocenters. The van der Waals surface area contributed by atoms with Crippen LogP contribution in [-0.4, -0.2) is 17.5 Å². The summed E-state index contributed by atoms with van der Waals surface area (Å²) in [5, 5.41) is 9.16. The molecule has 168 valence electrons. The molecular weight excluding hydrogens is 430 g/mol. The van der Waals surface area contributed by atoms with Crippen molar-refractivity contribution in [2.45, 2.75) is 26.7 Å². The Bertz CT molecular complexity index is 1200. The molecule has 0 saturated heterocycles. The first-order valence-corrected chi connectivity index (χ1v) is 11.9. The molecule has 6 heteroatoms. The van der Waals surface area contributed by atoms with E-state index in [0.29, 0.717) is 12.2 Å². The summed E-state index contributed by atoms with van der Waals surface area (Å²) in [7, 11) is 0. The Labute approximate surface area is 198 Å². The van der Waals surface area contributed by atoms with Gasteiger partial charge in [-0.1, -0.05) is 37.6 Å². The lowest BCUT2D eigenvalue weighted by Gasteiger charge is -2.08. The lowest BCUT2D eigenvalue weighted by Crippen LogP contribution is -2.11. The molecule has 3 aromatic carbocycles. The Morgan fingerprint density at radius 2 is 1.79 bits per heavy atom. The van der Waals surface area contributed by atoms with Crippen LogP contribution >= 0.6 is 11.3 Å². The first kappa shape index (κ1) is 22.6. The van der Waals surface area contributed by atoms with E-state index in [1.54, 1.807) is 23.5 Å². The molecule has 4 rings (SSSR count). The number of nitrogens with one attached hydrogen (secondary N) is 2. The first-order valence-electron chi connectivity index (χ1n) is 11.0. The monoisotopic (exact) mass is 457 g/mol. The summed E-state index contributed by atoms with van der Waals surface area (Å²) in [6.07, 6.45) is 2.11. The largest absolute Gasteiger partial charge is 0.494 e. The van der Waals surface area contributed by atoms with E-state index in [0.717, 1.165) is 46.4 Å². The highest BCUT2D eigenvalue weighted by molar-refractivity contribution is 7.14. The van der Waals surface area contributed by atoms with E-state index in [9.17, 15) is 4.79 Å². The van der Waals surface area contributed by atoms with Crippen LogP contribution in [0.5, 0.6) is 5.75 Å². The molecule has 0 radical (unpaired) electrons. The topological polar surface area (TPSA) is 63.2 Å². The third kappa shape index (κ3) is 6.20. The Balaban J connectivity index is 1.35. The number of thiazole rings is 1. The number of carbonyl (C=O) groups excluding carboxylic acids is 1. The first-order chi connectivity index (χ1) is 16.1. The summed E-state index contributed by atoms with van der Waals surface area (Å²) in [5.41, 5.74) is 5.44. The van der Waals surface area contributed by atoms with Crippen LogP contribution in [0.4, 0.5) is 16.5 Å². The standard InChI is InChI=1S/C27H27N3O2S/c1-3-4-16-32-24-14-10-21(11-15-24)26(31)28-22-12-8-20(9-13-22)25-18-33-27(30-25)29-23-7-5-6-19(2)17-23/h5-15,17-18H,3-4,16H2,1-2H3,(H,28,31)(H,29,30). The fraction of sp³-hybridized carbons (Fsp3) is 0.185. The number of ether oxygens (including phenoxy) is 1. The summed E-state index contributed by atoms with van der Waals surface area (Å²) in [6.45, 7) is 4.88. The minimum absolute atomic E-state index is 0.152. The quantitative estimate of drug-likeness (QED) is 0.259. The highest BCUT2D eigenvalue weighted by Gasteiger charge is 2.09. The smallest absolute Gasteiger partial charge is 0.255 e. The van der Waals surface area contributed by atoms with Crippen molar-refractivity contribution >= 4 is 33.8 Å². The molecule has 5 nitrogen and oxygen atoms in total. The number of hydrogen-bond donors (Lipinski definition) is 2. The van der Waals surface area contributed by atoms with Crippen LogP contribution in [-0.2, 0) is 0 Å². The number of hydrogen-bond acceptors (Lipinski definition) is 5. The van der Waals surface area contributed by atoms with Gasteiger partial charge in [-0.25, -0.2) is 4.98 Å². The SMILES string of the molecule is CCCCOc1ccc(C(=O)Nc2ccc(-c3csc(Nc4cccc(C)c4)n3)cc2)cc1. The third-order valence-corrected chi connectivity index (χ3v) is 5.85. The molecule has 0 aliphatic rings. The molecule has 0 bridgehead atoms. The summed E-state index contributed by atoms with van der Waals surface area (Å²) in [5.74, 6) is 0.630. The van der Waals surface area contributed by atoms with Crippen LogP contribution in [0.15, 0.2) is 78.2 Å². The molecule has 33 heavy (non-hydrogen) atoms. The number of carbonyl (C=O) groups is 1. The van der Waals surface area contributed by atoms with Crippen molar-refractivity contribution in [3.8, 4) is 17.0 Å². The molecule has 0 fully saturated rings. The van der Waals surface area contributed by atoms with Crippen LogP contribution < -0.4 is 15.4 Å². The van der Waals surface area contributed by atoms with Gasteiger partial charge < -0.3 is 15.4 Å². The molecule has 2 N–H and O–H groups in total. The van der Waals surface area contributed by atoms with Crippen LogP contribution in [0.3, 0.4) is 0 Å². The second-order valence-corrected chi connectivity index (χ2v) is 8.65. The van der Waals surface area contributed by atoms with Gasteiger partial charge in [0.1, 0.15) is 5.75 Å². The number of benzene rings is 3. The summed E-state index contributed by atoms with van der Waals surface area (Å²) in [4.78, 5) is 17.3. The summed E-state index contributed by atoms with van der Waals surface area (Å²) >= 11 is 1.56. The van der Waals surface area contributed by atoms with Gasteiger partial charge in [-0.3, -0.25) is 4.79 Å². The van der Waals surface area contributed by atoms with Gasteiger partial charge >= 0.3 is 0 Å². The van der Waals surface area contributed by atoms with E-state index in [2.05, 4.69) is 41.6 Å². The van der Waals surface area contributed by atoms with Crippen LogP contribution in [0, 0.1) is 6.92 Å². The summed E-state index contributed by atoms with van der Waals surface area (Å²) in [6, 6.07) is 23.1. The predicted octanol–water partition coefficient (Wildman–Crippen LogP) is 7.29. The fourth-order valence-electron chi connectivity index (χ4n) is 3.27. The van der Waals surface area contributed by atoms with E-state index >= 15 is 0 Å². The van der Waals surface area contributed by atoms with Crippen LogP contribution in [0.25, 0.3) is 11.3 Å². The van der Waals surface area contributed by atoms with Gasteiger partial charge in [0.05, 0.1) is 12.3 Å². The van der Waals surface area contributed by atoms with Crippen molar-refractivity contribution in [2.24, 2.45) is 0 Å². The second-order valence-electron chi connectivity index (χ2n) is 7.79. The molecular formula is C27H27N3O2S. The molecule has 1 aromatic heterocycles. The number of nitrogens with zero attached hydrogens (tertiary/aromatic N) is 1. The van der Waals surface area contributed by atoms with Crippen molar-refractivity contribution < 1.29 is 9.53 Å². The minimum Gasteiger partial charge on any atom is -0.494 e. The molecule has 1 amide bonds. The van der Waals surface area contributed by atoms with Crippen molar-refractivity contribution in [3.05, 3.63) is 89.3 Å². The molecule has 4 aromatic rings. The molecule has 0 aliphatic heterocycles. The minimum atomic E-state index is -0.152. The lowest BCUT2D eigenvalue weighted by atomic mass is 10.1. The zero-order valence-corrected chi connectivity index (χ0v) is 19.6. The normalized spacial score (nSPS) is 10.6. The van der Waals surface area contributed by atoms with Crippen molar-refractivity contribution in [3.63, 3.8) is 0 Å². The van der Waals surface area contributed by atoms with Crippen molar-refractivity contribution in [1.29, 1.82) is 0 Å². The molecule has 1 heterocycles. The van der Waals surface area contributed by atoms with Crippen LogP contribution in [0.2, 0.25) is 0 Å². The second kappa shape index (κ2) is 10.8. The van der Waals surface area contributed by atoms with E-state index in [4.69, 9.17) is 4.74 Å². The Morgan fingerprint density at radius 3 is 2.52 bits per heavy atom. The number of amides is 1. The number of aryl methyl sites for hydroxylation is 1. The Kier molecular flexibility index (Phi) is 7.37. The van der Waals surface area contributed by atoms with E-state index in [1.165, 1.54) is 5.56 Å². The molecule has 0 saturated carbocycles. The molecule has 0 aliphatic carbocycles. The predicted molar refractivity (Wildman–Crippen MR) is 137 cm³/mol. The number of rotatable bonds is 9. The van der Waals surface area contributed by atoms with Gasteiger partial charge in [0, 0.05) is 27.9 Å². The van der Waals surface area contributed by atoms with Gasteiger partial charge in [-0.05, 0) is 67.4 Å². The average molecular weight is 458 g/mol. The maximum Gasteiger partial charge on any atom is 0.255 e. The fourth-order valence-corrected chi connectivity index (χ4v) is 4.01. The Morgan fingerprint density at radius 1 is 1.00 bits per heavy atom. The van der Waals surface area contributed by atoms with E-state index in [1.807, 2.05) is 53.9 Å².